The second-order valence-electron chi connectivity index (χ2n) is 12.3. The molecule has 38 heavy (non-hydrogen) atoms. The Morgan fingerprint density at radius 1 is 0.868 bits per heavy atom. The Kier molecular flexibility index (Phi) is 12.2. The number of esters is 1. The van der Waals surface area contributed by atoms with Crippen LogP contribution in [0.5, 0.6) is 0 Å². The molecule has 0 aromatic carbocycles. The summed E-state index contributed by atoms with van der Waals surface area (Å²) in [4.78, 5) is 28.6. The fraction of sp³-hybridized carbons (Fsp3) is 0.931. The number of carbonyl (C=O) groups excluding carboxylic acids is 2. The zero-order valence-electron chi connectivity index (χ0n) is 25.0. The molecule has 0 aromatic rings. The van der Waals surface area contributed by atoms with Gasteiger partial charge in [-0.3, -0.25) is 9.59 Å². The van der Waals surface area contributed by atoms with Crippen molar-refractivity contribution in [3.05, 3.63) is 0 Å². The number of aliphatic hydroxyl groups is 3. The topological polar surface area (TPSA) is 126 Å². The average Bonchev–Trinajstić information content (AvgIpc) is 2.88. The molecule has 0 spiro atoms. The zero-order valence-corrected chi connectivity index (χ0v) is 25.0. The Hall–Kier alpha value is -1.10. The summed E-state index contributed by atoms with van der Waals surface area (Å²) in [5.41, 5.74) is 0. The predicted octanol–water partition coefficient (Wildman–Crippen LogP) is 2.63. The van der Waals surface area contributed by atoms with E-state index in [0.717, 1.165) is 0 Å². The van der Waals surface area contributed by atoms with Crippen molar-refractivity contribution in [1.82, 2.24) is 4.90 Å². The lowest BCUT2D eigenvalue weighted by Gasteiger charge is -2.44. The molecule has 9 heteroatoms. The molecular formula is C29H53NO8. The maximum absolute atomic E-state index is 13.5. The molecule has 0 aliphatic carbocycles. The average molecular weight is 544 g/mol. The maximum Gasteiger partial charge on any atom is 0.311 e. The number of hydrogen-bond acceptors (Lipinski definition) is 9. The number of carbonyl (C=O) groups is 2. The predicted molar refractivity (Wildman–Crippen MR) is 144 cm³/mol. The highest BCUT2D eigenvalue weighted by atomic mass is 16.7. The van der Waals surface area contributed by atoms with Crippen LogP contribution in [0.15, 0.2) is 0 Å². The number of cyclic esters (lactones) is 1. The van der Waals surface area contributed by atoms with E-state index in [0.29, 0.717) is 19.3 Å². The highest BCUT2D eigenvalue weighted by Gasteiger charge is 2.44. The Morgan fingerprint density at radius 2 is 1.47 bits per heavy atom. The standard InChI is InChI=1S/C29H53NO8/c1-11-22-16(4)26(33)17(5)24(31)14(2)12-15(3)25(32)18(6)28(19(7)29(35)37-22)38-23-13-21(30(9)10)27(34)20(8)36-23/h14-23,25-28,32-34H,11-13H2,1-10H3/t14-,15+,16+,17+,18-,19-,20?,21?,22-,23+,25+,26+,27-,28+/m1/s1. The quantitative estimate of drug-likeness (QED) is 0.459. The molecule has 2 saturated heterocycles. The highest BCUT2D eigenvalue weighted by Crippen LogP contribution is 2.34. The van der Waals surface area contributed by atoms with Gasteiger partial charge in [-0.15, -0.1) is 0 Å². The molecule has 0 aromatic heterocycles. The molecule has 2 rings (SSSR count). The minimum Gasteiger partial charge on any atom is -0.462 e. The Balaban J connectivity index is 2.42. The van der Waals surface area contributed by atoms with Gasteiger partial charge in [-0.25, -0.2) is 0 Å². The summed E-state index contributed by atoms with van der Waals surface area (Å²) in [6, 6.07) is -0.190. The van der Waals surface area contributed by atoms with Crippen LogP contribution in [0.2, 0.25) is 0 Å². The summed E-state index contributed by atoms with van der Waals surface area (Å²) in [6.45, 7) is 14.5. The van der Waals surface area contributed by atoms with Gasteiger partial charge in [-0.2, -0.15) is 0 Å². The molecule has 3 N–H and O–H groups in total. The van der Waals surface area contributed by atoms with E-state index < -0.39 is 72.6 Å². The molecule has 0 bridgehead atoms. The van der Waals surface area contributed by atoms with Gasteiger partial charge in [0.15, 0.2) is 6.29 Å². The molecule has 2 aliphatic rings. The van der Waals surface area contributed by atoms with Crippen LogP contribution in [0.25, 0.3) is 0 Å². The lowest BCUT2D eigenvalue weighted by molar-refractivity contribution is -0.265. The molecule has 222 valence electrons. The molecule has 2 fully saturated rings. The Morgan fingerprint density at radius 3 is 2.03 bits per heavy atom. The van der Waals surface area contributed by atoms with E-state index in [9.17, 15) is 24.9 Å². The lowest BCUT2D eigenvalue weighted by Crippen LogP contribution is -2.55. The molecule has 14 atom stereocenters. The monoisotopic (exact) mass is 543 g/mol. The second-order valence-corrected chi connectivity index (χ2v) is 12.3. The fourth-order valence-corrected chi connectivity index (χ4v) is 6.27. The molecule has 2 unspecified atom stereocenters. The van der Waals surface area contributed by atoms with Crippen molar-refractivity contribution >= 4 is 11.8 Å². The summed E-state index contributed by atoms with van der Waals surface area (Å²) >= 11 is 0. The third-order valence-electron chi connectivity index (χ3n) is 9.12. The summed E-state index contributed by atoms with van der Waals surface area (Å²) in [5, 5.41) is 33.0. The van der Waals surface area contributed by atoms with Crippen molar-refractivity contribution in [2.75, 3.05) is 14.1 Å². The van der Waals surface area contributed by atoms with Crippen LogP contribution >= 0.6 is 0 Å². The van der Waals surface area contributed by atoms with Crippen LogP contribution < -0.4 is 0 Å². The maximum atomic E-state index is 13.5. The van der Waals surface area contributed by atoms with Crippen LogP contribution in [0.1, 0.15) is 74.7 Å². The van der Waals surface area contributed by atoms with Gasteiger partial charge in [0, 0.05) is 36.1 Å². The zero-order chi connectivity index (χ0) is 29.1. The third kappa shape index (κ3) is 7.55. The van der Waals surface area contributed by atoms with E-state index in [1.165, 1.54) is 0 Å². The summed E-state index contributed by atoms with van der Waals surface area (Å²) in [7, 11) is 3.78. The van der Waals surface area contributed by atoms with E-state index in [2.05, 4.69) is 0 Å². The van der Waals surface area contributed by atoms with E-state index in [1.54, 1.807) is 20.8 Å². The number of Topliss-reactive ketones (excluding diaryl/α,β-unsaturated/α-hetero) is 1. The van der Waals surface area contributed by atoms with E-state index in [-0.39, 0.29) is 23.7 Å². The number of nitrogens with zero attached hydrogens (tertiary/aromatic N) is 1. The van der Waals surface area contributed by atoms with Crippen molar-refractivity contribution in [1.29, 1.82) is 0 Å². The number of ether oxygens (including phenoxy) is 3. The molecule has 0 saturated carbocycles. The van der Waals surface area contributed by atoms with Gasteiger partial charge in [0.1, 0.15) is 11.9 Å². The lowest BCUT2D eigenvalue weighted by atomic mass is 9.77. The van der Waals surface area contributed by atoms with Crippen molar-refractivity contribution in [3.8, 4) is 0 Å². The van der Waals surface area contributed by atoms with Crippen LogP contribution in [0, 0.1) is 35.5 Å². The van der Waals surface area contributed by atoms with Gasteiger partial charge >= 0.3 is 5.97 Å². The normalized spacial score (nSPS) is 46.5. The highest BCUT2D eigenvalue weighted by molar-refractivity contribution is 5.83. The van der Waals surface area contributed by atoms with Gasteiger partial charge in [-0.05, 0) is 46.7 Å². The van der Waals surface area contributed by atoms with Crippen molar-refractivity contribution < 1.29 is 39.1 Å². The molecule has 9 nitrogen and oxygen atoms in total. The summed E-state index contributed by atoms with van der Waals surface area (Å²) in [6.07, 6.45) is -3.63. The largest absolute Gasteiger partial charge is 0.462 e. The molecule has 0 amide bonds. The number of hydrogen-bond donors (Lipinski definition) is 3. The first-order chi connectivity index (χ1) is 17.6. The molecule has 2 aliphatic heterocycles. The van der Waals surface area contributed by atoms with Crippen LogP contribution in [0.3, 0.4) is 0 Å². The van der Waals surface area contributed by atoms with Crippen molar-refractivity contribution in [3.63, 3.8) is 0 Å². The minimum absolute atomic E-state index is 0.0617. The molecule has 2 heterocycles. The van der Waals surface area contributed by atoms with Crippen LogP contribution in [-0.4, -0.2) is 95.0 Å². The number of likely N-dealkylation sites (N-methyl/N-ethyl adjacent to an activating group) is 1. The first-order valence-electron chi connectivity index (χ1n) is 14.4. The van der Waals surface area contributed by atoms with E-state index >= 15 is 0 Å². The van der Waals surface area contributed by atoms with Gasteiger partial charge < -0.3 is 34.4 Å². The van der Waals surface area contributed by atoms with E-state index in [4.69, 9.17) is 14.2 Å². The Labute approximate surface area is 229 Å². The first kappa shape index (κ1) is 33.1. The number of rotatable bonds is 4. The second kappa shape index (κ2) is 14.0. The third-order valence-corrected chi connectivity index (χ3v) is 9.12. The van der Waals surface area contributed by atoms with Gasteiger partial charge in [0.25, 0.3) is 0 Å². The van der Waals surface area contributed by atoms with Crippen molar-refractivity contribution in [2.45, 2.75) is 124 Å². The van der Waals surface area contributed by atoms with Crippen LogP contribution in [0.4, 0.5) is 0 Å². The molecule has 0 radical (unpaired) electrons. The summed E-state index contributed by atoms with van der Waals surface area (Å²) in [5.74, 6) is -3.40. The van der Waals surface area contributed by atoms with Crippen molar-refractivity contribution in [2.24, 2.45) is 35.5 Å². The van der Waals surface area contributed by atoms with E-state index in [1.807, 2.05) is 53.6 Å². The number of ketones is 1. The fourth-order valence-electron chi connectivity index (χ4n) is 6.27. The SMILES string of the molecule is CC[C@H]1OC(=O)[C@H](C)[C@@H](O[C@H]2CC(N(C)C)[C@H](O)C(C)O2)[C@H](C)[C@@H](O)[C@@H](C)C[C@@H](C)C(=O)[C@H](C)[C@@H](O)[C@H]1C. The van der Waals surface area contributed by atoms with Gasteiger partial charge in [-0.1, -0.05) is 41.5 Å². The Bertz CT molecular complexity index is 778. The van der Waals surface area contributed by atoms with Gasteiger partial charge in [0.05, 0.1) is 36.4 Å². The van der Waals surface area contributed by atoms with Gasteiger partial charge in [0.2, 0.25) is 0 Å². The first-order valence-corrected chi connectivity index (χ1v) is 14.4. The smallest absolute Gasteiger partial charge is 0.311 e. The number of aliphatic hydroxyl groups excluding tert-OH is 3. The summed E-state index contributed by atoms with van der Waals surface area (Å²) < 4.78 is 18.4. The minimum atomic E-state index is -0.960. The van der Waals surface area contributed by atoms with Crippen LogP contribution in [-0.2, 0) is 23.8 Å². The molecular weight excluding hydrogens is 490 g/mol.